The lowest BCUT2D eigenvalue weighted by Crippen LogP contribution is -2.43. The van der Waals surface area contributed by atoms with E-state index in [1.54, 1.807) is 0 Å². The summed E-state index contributed by atoms with van der Waals surface area (Å²) < 4.78 is 7.62. The molecule has 0 amide bonds. The fourth-order valence-corrected chi connectivity index (χ4v) is 2.71. The van der Waals surface area contributed by atoms with Crippen LogP contribution in [0.15, 0.2) is 66.7 Å². The molecule has 0 aliphatic rings. The number of rotatable bonds is 3. The Morgan fingerprint density at radius 2 is 1.58 bits per heavy atom. The van der Waals surface area contributed by atoms with Gasteiger partial charge in [-0.1, -0.05) is 42.5 Å². The molecule has 3 heteroatoms. The normalized spacial score (nSPS) is 11.5. The molecule has 2 aromatic carbocycles. The van der Waals surface area contributed by atoms with E-state index < -0.39 is 5.60 Å². The van der Waals surface area contributed by atoms with Crippen molar-refractivity contribution in [2.75, 3.05) is 0 Å². The summed E-state index contributed by atoms with van der Waals surface area (Å²) in [6.45, 7) is 6.27. The Bertz CT molecular complexity index is 864. The summed E-state index contributed by atoms with van der Waals surface area (Å²) in [5.74, 6) is -0.302. The van der Waals surface area contributed by atoms with Crippen LogP contribution in [-0.4, -0.2) is 11.6 Å². The third-order valence-electron chi connectivity index (χ3n) is 3.73. The van der Waals surface area contributed by atoms with Crippen LogP contribution in [0.4, 0.5) is 0 Å². The van der Waals surface area contributed by atoms with Gasteiger partial charge in [-0.3, -0.25) is 0 Å². The van der Waals surface area contributed by atoms with Gasteiger partial charge < -0.3 is 4.74 Å². The van der Waals surface area contributed by atoms with Crippen LogP contribution in [0.2, 0.25) is 0 Å². The number of hydrogen-bond donors (Lipinski definition) is 0. The van der Waals surface area contributed by atoms with Crippen molar-refractivity contribution in [2.45, 2.75) is 32.9 Å². The zero-order valence-corrected chi connectivity index (χ0v) is 14.3. The minimum Gasteiger partial charge on any atom is -0.452 e. The van der Waals surface area contributed by atoms with E-state index >= 15 is 0 Å². The first kappa shape index (κ1) is 16.2. The first-order chi connectivity index (χ1) is 11.4. The maximum Gasteiger partial charge on any atom is 0.404 e. The van der Waals surface area contributed by atoms with E-state index in [9.17, 15) is 4.79 Å². The van der Waals surface area contributed by atoms with Crippen molar-refractivity contribution in [1.82, 2.24) is 0 Å². The second-order valence-corrected chi connectivity index (χ2v) is 6.85. The lowest BCUT2D eigenvalue weighted by Gasteiger charge is -2.18. The second kappa shape index (κ2) is 6.44. The van der Waals surface area contributed by atoms with Gasteiger partial charge in [0.15, 0.2) is 6.54 Å². The van der Waals surface area contributed by atoms with Crippen LogP contribution in [0.25, 0.3) is 10.9 Å². The van der Waals surface area contributed by atoms with Gasteiger partial charge in [-0.05, 0) is 32.9 Å². The van der Waals surface area contributed by atoms with Crippen molar-refractivity contribution in [3.63, 3.8) is 0 Å². The van der Waals surface area contributed by atoms with Gasteiger partial charge in [0.05, 0.1) is 0 Å². The van der Waals surface area contributed by atoms with Crippen molar-refractivity contribution < 1.29 is 14.1 Å². The molecular weight excluding hydrogens is 298 g/mol. The third-order valence-corrected chi connectivity index (χ3v) is 3.73. The number of nitrogens with zero attached hydrogens (tertiary/aromatic N) is 1. The highest BCUT2D eigenvalue weighted by molar-refractivity contribution is 5.88. The van der Waals surface area contributed by atoms with Gasteiger partial charge in [-0.25, -0.2) is 4.79 Å². The smallest absolute Gasteiger partial charge is 0.404 e. The summed E-state index contributed by atoms with van der Waals surface area (Å²) in [5.41, 5.74) is 2.20. The van der Waals surface area contributed by atoms with Crippen LogP contribution < -0.4 is 4.57 Å². The van der Waals surface area contributed by atoms with E-state index in [0.717, 1.165) is 16.5 Å². The molecule has 1 aromatic heterocycles. The molecular formula is C21H22NO2+. The molecule has 0 spiro atoms. The molecule has 0 N–H and O–H groups in total. The second-order valence-electron chi connectivity index (χ2n) is 6.85. The molecule has 0 saturated heterocycles. The van der Waals surface area contributed by atoms with Gasteiger partial charge >= 0.3 is 5.97 Å². The van der Waals surface area contributed by atoms with E-state index in [2.05, 4.69) is 18.2 Å². The monoisotopic (exact) mass is 320 g/mol. The minimum atomic E-state index is -0.521. The summed E-state index contributed by atoms with van der Waals surface area (Å²) in [5, 5.41) is 1.10. The summed E-state index contributed by atoms with van der Waals surface area (Å²) in [6, 6.07) is 22.0. The van der Waals surface area contributed by atoms with Gasteiger partial charge in [0.25, 0.3) is 5.69 Å². The standard InChI is InChI=1S/C21H22NO2/c1-21(2,3)24-20(23)19-14-13-17-11-7-8-12-18(17)22(19)15-16-9-5-4-6-10-16/h4-14H,15H2,1-3H3/q+1. The molecule has 0 bridgehead atoms. The van der Waals surface area contributed by atoms with E-state index in [0.29, 0.717) is 12.2 Å². The number of carbonyl (C=O) groups excluding carboxylic acids is 1. The zero-order valence-electron chi connectivity index (χ0n) is 14.3. The maximum atomic E-state index is 12.7. The van der Waals surface area contributed by atoms with Crippen LogP contribution in [0.1, 0.15) is 36.8 Å². The summed E-state index contributed by atoms with van der Waals surface area (Å²) in [6.07, 6.45) is 0. The molecule has 0 unspecified atom stereocenters. The van der Waals surface area contributed by atoms with Gasteiger partial charge in [0, 0.05) is 23.1 Å². The highest BCUT2D eigenvalue weighted by Crippen LogP contribution is 2.15. The molecule has 0 radical (unpaired) electrons. The number of para-hydroxylation sites is 1. The topological polar surface area (TPSA) is 30.2 Å². The van der Waals surface area contributed by atoms with E-state index in [-0.39, 0.29) is 5.97 Å². The van der Waals surface area contributed by atoms with Gasteiger partial charge in [-0.15, -0.1) is 0 Å². The summed E-state index contributed by atoms with van der Waals surface area (Å²) >= 11 is 0. The Morgan fingerprint density at radius 3 is 2.29 bits per heavy atom. The predicted molar refractivity (Wildman–Crippen MR) is 94.9 cm³/mol. The van der Waals surface area contributed by atoms with Gasteiger partial charge in [-0.2, -0.15) is 4.57 Å². The van der Waals surface area contributed by atoms with Crippen molar-refractivity contribution >= 4 is 16.9 Å². The highest BCUT2D eigenvalue weighted by Gasteiger charge is 2.27. The Kier molecular flexibility index (Phi) is 4.34. The van der Waals surface area contributed by atoms with E-state index in [1.165, 1.54) is 0 Å². The number of fused-ring (bicyclic) bond motifs is 1. The SMILES string of the molecule is CC(C)(C)OC(=O)c1ccc2ccccc2[n+]1Cc1ccccc1. The predicted octanol–water partition coefficient (Wildman–Crippen LogP) is 4.13. The Labute approximate surface area is 142 Å². The Balaban J connectivity index is 2.11. The van der Waals surface area contributed by atoms with Crippen LogP contribution >= 0.6 is 0 Å². The summed E-state index contributed by atoms with van der Waals surface area (Å²) in [4.78, 5) is 12.7. The van der Waals surface area contributed by atoms with Gasteiger partial charge in [0.2, 0.25) is 5.52 Å². The quantitative estimate of drug-likeness (QED) is 0.536. The molecule has 24 heavy (non-hydrogen) atoms. The van der Waals surface area contributed by atoms with Crippen molar-refractivity contribution in [2.24, 2.45) is 0 Å². The van der Waals surface area contributed by atoms with Crippen molar-refractivity contribution in [3.8, 4) is 0 Å². The van der Waals surface area contributed by atoms with Crippen LogP contribution in [0.5, 0.6) is 0 Å². The molecule has 122 valence electrons. The Hall–Kier alpha value is -2.68. The highest BCUT2D eigenvalue weighted by atomic mass is 16.6. The van der Waals surface area contributed by atoms with E-state index in [4.69, 9.17) is 4.74 Å². The average molecular weight is 320 g/mol. The summed E-state index contributed by atoms with van der Waals surface area (Å²) in [7, 11) is 0. The molecule has 0 aliphatic heterocycles. The number of aromatic nitrogens is 1. The third kappa shape index (κ3) is 3.62. The van der Waals surface area contributed by atoms with Crippen LogP contribution in [0, 0.1) is 0 Å². The fourth-order valence-electron chi connectivity index (χ4n) is 2.71. The fraction of sp³-hybridized carbons (Fsp3) is 0.238. The van der Waals surface area contributed by atoms with E-state index in [1.807, 2.05) is 73.9 Å². The molecule has 0 saturated carbocycles. The minimum absolute atomic E-state index is 0.302. The zero-order chi connectivity index (χ0) is 17.2. The number of pyridine rings is 1. The van der Waals surface area contributed by atoms with Crippen molar-refractivity contribution in [3.05, 3.63) is 78.0 Å². The first-order valence-corrected chi connectivity index (χ1v) is 8.13. The molecule has 0 atom stereocenters. The average Bonchev–Trinajstić information content (AvgIpc) is 2.54. The van der Waals surface area contributed by atoms with Crippen LogP contribution in [0.3, 0.4) is 0 Å². The number of hydrogen-bond acceptors (Lipinski definition) is 2. The molecule has 3 aromatic rings. The number of esters is 1. The van der Waals surface area contributed by atoms with Gasteiger partial charge in [0.1, 0.15) is 5.60 Å². The molecule has 3 rings (SSSR count). The lowest BCUT2D eigenvalue weighted by molar-refractivity contribution is -0.665. The molecule has 3 nitrogen and oxygen atoms in total. The Morgan fingerprint density at radius 1 is 0.917 bits per heavy atom. The largest absolute Gasteiger partial charge is 0.452 e. The maximum absolute atomic E-state index is 12.7. The van der Waals surface area contributed by atoms with Crippen LogP contribution in [-0.2, 0) is 11.3 Å². The number of ether oxygens (including phenoxy) is 1. The first-order valence-electron chi connectivity index (χ1n) is 8.13. The molecule has 0 aliphatic carbocycles. The lowest BCUT2D eigenvalue weighted by atomic mass is 10.1. The van der Waals surface area contributed by atoms with Crippen molar-refractivity contribution in [1.29, 1.82) is 0 Å². The number of carbonyl (C=O) groups is 1. The number of benzene rings is 2. The molecule has 1 heterocycles. The molecule has 0 fully saturated rings.